The van der Waals surface area contributed by atoms with Gasteiger partial charge in [-0.2, -0.15) is 0 Å². The van der Waals surface area contributed by atoms with Crippen molar-refractivity contribution in [2.75, 3.05) is 19.0 Å². The lowest BCUT2D eigenvalue weighted by molar-refractivity contribution is 0.581. The summed E-state index contributed by atoms with van der Waals surface area (Å²) in [6.07, 6.45) is 0. The molecule has 0 aliphatic rings. The second kappa shape index (κ2) is 6.81. The minimum atomic E-state index is -3.51. The van der Waals surface area contributed by atoms with Gasteiger partial charge >= 0.3 is 0 Å². The third kappa shape index (κ3) is 4.09. The van der Waals surface area contributed by atoms with Gasteiger partial charge in [-0.25, -0.2) is 13.1 Å². The van der Waals surface area contributed by atoms with Gasteiger partial charge in [0.15, 0.2) is 0 Å². The molecule has 2 rings (SSSR count). The van der Waals surface area contributed by atoms with E-state index in [0.717, 1.165) is 21.3 Å². The minimum absolute atomic E-state index is 0.269. The number of hydrogen-bond donors (Lipinski definition) is 1. The predicted molar refractivity (Wildman–Crippen MR) is 93.7 cm³/mol. The number of hydrogen-bond acceptors (Lipinski definition) is 3. The van der Waals surface area contributed by atoms with E-state index in [9.17, 15) is 8.42 Å². The van der Waals surface area contributed by atoms with Gasteiger partial charge in [0.05, 0.1) is 4.90 Å². The van der Waals surface area contributed by atoms with Crippen LogP contribution in [0.3, 0.4) is 0 Å². The smallest absolute Gasteiger partial charge is 0.240 e. The first-order valence-corrected chi connectivity index (χ1v) is 9.09. The van der Waals surface area contributed by atoms with Gasteiger partial charge in [-0.05, 0) is 48.4 Å². The average Bonchev–Trinajstić information content (AvgIpc) is 2.48. The van der Waals surface area contributed by atoms with Crippen molar-refractivity contribution >= 4 is 31.6 Å². The number of aryl methyl sites for hydroxylation is 1. The molecule has 0 unspecified atom stereocenters. The Bertz CT molecular complexity index is 756. The highest BCUT2D eigenvalue weighted by atomic mass is 79.9. The normalized spacial score (nSPS) is 11.5. The molecule has 22 heavy (non-hydrogen) atoms. The molecule has 0 saturated heterocycles. The van der Waals surface area contributed by atoms with Gasteiger partial charge in [-0.1, -0.05) is 28.1 Å². The van der Waals surface area contributed by atoms with Gasteiger partial charge in [0.25, 0.3) is 0 Å². The van der Waals surface area contributed by atoms with Crippen LogP contribution in [-0.2, 0) is 16.6 Å². The maximum atomic E-state index is 12.3. The van der Waals surface area contributed by atoms with Crippen molar-refractivity contribution in [2.24, 2.45) is 0 Å². The summed E-state index contributed by atoms with van der Waals surface area (Å²) in [4.78, 5) is 2.27. The maximum absolute atomic E-state index is 12.3. The van der Waals surface area contributed by atoms with E-state index in [0.29, 0.717) is 0 Å². The van der Waals surface area contributed by atoms with Crippen LogP contribution in [0.25, 0.3) is 0 Å². The number of sulfonamides is 1. The number of benzene rings is 2. The van der Waals surface area contributed by atoms with E-state index in [4.69, 9.17) is 0 Å². The molecule has 6 heteroatoms. The molecular weight excluding hydrogens is 364 g/mol. The fraction of sp³-hybridized carbons (Fsp3) is 0.250. The van der Waals surface area contributed by atoms with Crippen molar-refractivity contribution in [3.63, 3.8) is 0 Å². The van der Waals surface area contributed by atoms with Gasteiger partial charge in [0.1, 0.15) is 0 Å². The first-order chi connectivity index (χ1) is 10.3. The highest BCUT2D eigenvalue weighted by molar-refractivity contribution is 9.10. The van der Waals surface area contributed by atoms with Gasteiger partial charge in [-0.3, -0.25) is 0 Å². The lowest BCUT2D eigenvalue weighted by atomic mass is 10.2. The Morgan fingerprint density at radius 3 is 2.27 bits per heavy atom. The summed E-state index contributed by atoms with van der Waals surface area (Å²) in [5, 5.41) is 0. The van der Waals surface area contributed by atoms with Gasteiger partial charge in [-0.15, -0.1) is 0 Å². The molecule has 0 spiro atoms. The molecule has 0 aromatic heterocycles. The Morgan fingerprint density at radius 2 is 1.73 bits per heavy atom. The molecule has 0 saturated carbocycles. The summed E-state index contributed by atoms with van der Waals surface area (Å²) in [5.74, 6) is 0. The average molecular weight is 383 g/mol. The number of halogens is 1. The molecule has 2 aromatic rings. The van der Waals surface area contributed by atoms with Crippen LogP contribution in [0.15, 0.2) is 51.8 Å². The van der Waals surface area contributed by atoms with Gasteiger partial charge in [0.2, 0.25) is 10.0 Å². The lowest BCUT2D eigenvalue weighted by Gasteiger charge is -2.13. The zero-order valence-corrected chi connectivity index (χ0v) is 15.2. The minimum Gasteiger partial charge on any atom is -0.378 e. The zero-order chi connectivity index (χ0) is 16.3. The second-order valence-corrected chi connectivity index (χ2v) is 7.92. The van der Waals surface area contributed by atoms with Crippen molar-refractivity contribution in [2.45, 2.75) is 18.4 Å². The van der Waals surface area contributed by atoms with Crippen LogP contribution in [0.2, 0.25) is 0 Å². The van der Waals surface area contributed by atoms with Crippen LogP contribution in [0.5, 0.6) is 0 Å². The van der Waals surface area contributed by atoms with Crippen molar-refractivity contribution in [1.29, 1.82) is 0 Å². The summed E-state index contributed by atoms with van der Waals surface area (Å²) in [6.45, 7) is 2.13. The molecule has 4 nitrogen and oxygen atoms in total. The second-order valence-electron chi connectivity index (χ2n) is 5.30. The zero-order valence-electron chi connectivity index (χ0n) is 12.8. The standard InChI is InChI=1S/C16H19BrN2O2S/c1-12-10-15(8-9-16(12)17)22(20,21)18-11-13-4-6-14(7-5-13)19(2)3/h4-10,18H,11H2,1-3H3. The Kier molecular flexibility index (Phi) is 5.26. The van der Waals surface area contributed by atoms with Crippen LogP contribution in [0, 0.1) is 6.92 Å². The quantitative estimate of drug-likeness (QED) is 0.862. The molecular formula is C16H19BrN2O2S. The molecule has 2 aromatic carbocycles. The van der Waals surface area contributed by atoms with Crippen molar-refractivity contribution in [3.8, 4) is 0 Å². The van der Waals surface area contributed by atoms with Gasteiger partial charge < -0.3 is 4.90 Å². The number of nitrogens with zero attached hydrogens (tertiary/aromatic N) is 1. The summed E-state index contributed by atoms with van der Waals surface area (Å²) in [7, 11) is 0.426. The third-order valence-corrected chi connectivity index (χ3v) is 5.65. The third-order valence-electron chi connectivity index (χ3n) is 3.36. The highest BCUT2D eigenvalue weighted by Gasteiger charge is 2.14. The molecule has 0 heterocycles. The topological polar surface area (TPSA) is 49.4 Å². The Labute approximate surface area is 140 Å². The Morgan fingerprint density at radius 1 is 1.09 bits per heavy atom. The molecule has 0 radical (unpaired) electrons. The maximum Gasteiger partial charge on any atom is 0.240 e. The number of rotatable bonds is 5. The van der Waals surface area contributed by atoms with Gasteiger partial charge in [0, 0.05) is 30.8 Å². The van der Waals surface area contributed by atoms with Crippen LogP contribution in [0.4, 0.5) is 5.69 Å². The van der Waals surface area contributed by atoms with E-state index in [-0.39, 0.29) is 11.4 Å². The van der Waals surface area contributed by atoms with Crippen LogP contribution in [-0.4, -0.2) is 22.5 Å². The molecule has 0 aliphatic heterocycles. The molecule has 1 N–H and O–H groups in total. The molecule has 0 bridgehead atoms. The number of nitrogens with one attached hydrogen (secondary N) is 1. The molecule has 0 atom stereocenters. The Balaban J connectivity index is 2.10. The predicted octanol–water partition coefficient (Wildman–Crippen LogP) is 3.30. The monoisotopic (exact) mass is 382 g/mol. The molecule has 0 aliphatic carbocycles. The molecule has 0 fully saturated rings. The van der Waals surface area contributed by atoms with E-state index in [1.54, 1.807) is 18.2 Å². The summed E-state index contributed by atoms with van der Waals surface area (Å²) < 4.78 is 28.1. The van der Waals surface area contributed by atoms with Crippen molar-refractivity contribution < 1.29 is 8.42 Å². The first-order valence-electron chi connectivity index (χ1n) is 6.82. The molecule has 118 valence electrons. The SMILES string of the molecule is Cc1cc(S(=O)(=O)NCc2ccc(N(C)C)cc2)ccc1Br. The summed E-state index contributed by atoms with van der Waals surface area (Å²) in [6, 6.07) is 12.8. The van der Waals surface area contributed by atoms with E-state index < -0.39 is 10.0 Å². The number of anilines is 1. The van der Waals surface area contributed by atoms with E-state index >= 15 is 0 Å². The van der Waals surface area contributed by atoms with Crippen molar-refractivity contribution in [3.05, 3.63) is 58.1 Å². The van der Waals surface area contributed by atoms with Crippen LogP contribution in [0.1, 0.15) is 11.1 Å². The fourth-order valence-electron chi connectivity index (χ4n) is 1.96. The van der Waals surface area contributed by atoms with E-state index in [1.165, 1.54) is 0 Å². The van der Waals surface area contributed by atoms with Crippen LogP contribution >= 0.6 is 15.9 Å². The first kappa shape index (κ1) is 17.0. The lowest BCUT2D eigenvalue weighted by Crippen LogP contribution is -2.23. The van der Waals surface area contributed by atoms with E-state index in [1.807, 2.05) is 50.2 Å². The van der Waals surface area contributed by atoms with E-state index in [2.05, 4.69) is 20.7 Å². The summed E-state index contributed by atoms with van der Waals surface area (Å²) in [5.41, 5.74) is 2.89. The summed E-state index contributed by atoms with van der Waals surface area (Å²) >= 11 is 3.37. The van der Waals surface area contributed by atoms with Crippen LogP contribution < -0.4 is 9.62 Å². The highest BCUT2D eigenvalue weighted by Crippen LogP contribution is 2.20. The Hall–Kier alpha value is -1.37. The largest absolute Gasteiger partial charge is 0.378 e. The fourth-order valence-corrected chi connectivity index (χ4v) is 3.31. The van der Waals surface area contributed by atoms with Crippen molar-refractivity contribution in [1.82, 2.24) is 4.72 Å². The molecule has 0 amide bonds.